The average Bonchev–Trinajstić information content (AvgIpc) is 3.32. The highest BCUT2D eigenvalue weighted by molar-refractivity contribution is 5.94. The second-order valence-corrected chi connectivity index (χ2v) is 7.98. The summed E-state index contributed by atoms with van der Waals surface area (Å²) in [6.45, 7) is 0.439. The minimum Gasteiger partial charge on any atom is -0.493 e. The Kier molecular flexibility index (Phi) is 7.10. The molecule has 1 amide bonds. The van der Waals surface area contributed by atoms with E-state index in [0.29, 0.717) is 47.1 Å². The van der Waals surface area contributed by atoms with Gasteiger partial charge in [0.2, 0.25) is 0 Å². The Morgan fingerprint density at radius 2 is 1.51 bits per heavy atom. The van der Waals surface area contributed by atoms with E-state index in [1.807, 2.05) is 18.2 Å². The second kappa shape index (κ2) is 10.4. The van der Waals surface area contributed by atoms with Crippen LogP contribution in [0, 0.1) is 11.6 Å². The first kappa shape index (κ1) is 23.9. The van der Waals surface area contributed by atoms with E-state index in [0.717, 1.165) is 5.56 Å². The topological polar surface area (TPSA) is 56.6 Å². The molecule has 0 aliphatic heterocycles. The summed E-state index contributed by atoms with van der Waals surface area (Å²) in [4.78, 5) is 15.0. The number of hydrogen-bond acceptors (Lipinski definition) is 4. The minimum atomic E-state index is -0.389. The molecule has 0 saturated carbocycles. The summed E-state index contributed by atoms with van der Waals surface area (Å²) in [5, 5.41) is 4.57. The van der Waals surface area contributed by atoms with Gasteiger partial charge in [0.05, 0.1) is 25.6 Å². The van der Waals surface area contributed by atoms with Crippen LogP contribution in [0.15, 0.2) is 72.8 Å². The van der Waals surface area contributed by atoms with Gasteiger partial charge in [-0.2, -0.15) is 5.10 Å². The number of likely N-dealkylation sites (N-methyl/N-ethyl adjacent to an activating group) is 1. The molecule has 0 aliphatic rings. The molecular formula is C27H25F2N3O3. The molecule has 35 heavy (non-hydrogen) atoms. The second-order valence-electron chi connectivity index (χ2n) is 7.98. The SMILES string of the molecule is COc1ccc(CCN(C)C(=O)c2cc(-c3ccc(F)cc3)nn2-c2ccc(F)cc2)cc1OC. The van der Waals surface area contributed by atoms with E-state index in [9.17, 15) is 13.6 Å². The lowest BCUT2D eigenvalue weighted by Gasteiger charge is -2.18. The molecule has 0 unspecified atom stereocenters. The van der Waals surface area contributed by atoms with Crippen LogP contribution in [0.5, 0.6) is 11.5 Å². The van der Waals surface area contributed by atoms with Crippen molar-refractivity contribution in [1.29, 1.82) is 0 Å². The highest BCUT2D eigenvalue weighted by atomic mass is 19.1. The molecule has 0 N–H and O–H groups in total. The maximum Gasteiger partial charge on any atom is 0.272 e. The summed E-state index contributed by atoms with van der Waals surface area (Å²) in [5.41, 5.74) is 3.00. The van der Waals surface area contributed by atoms with Gasteiger partial charge in [-0.25, -0.2) is 13.5 Å². The number of nitrogens with zero attached hydrogens (tertiary/aromatic N) is 3. The van der Waals surface area contributed by atoms with Crippen molar-refractivity contribution in [3.05, 3.63) is 95.7 Å². The van der Waals surface area contributed by atoms with Crippen molar-refractivity contribution < 1.29 is 23.0 Å². The number of benzene rings is 3. The fourth-order valence-electron chi connectivity index (χ4n) is 3.70. The molecule has 1 heterocycles. The Hall–Kier alpha value is -4.20. The van der Waals surface area contributed by atoms with Gasteiger partial charge >= 0.3 is 0 Å². The maximum absolute atomic E-state index is 13.5. The van der Waals surface area contributed by atoms with Gasteiger partial charge in [-0.15, -0.1) is 0 Å². The van der Waals surface area contributed by atoms with E-state index >= 15 is 0 Å². The molecule has 1 aromatic heterocycles. The Morgan fingerprint density at radius 1 is 0.886 bits per heavy atom. The van der Waals surface area contributed by atoms with Crippen LogP contribution in [-0.4, -0.2) is 48.4 Å². The van der Waals surface area contributed by atoms with Gasteiger partial charge in [0.1, 0.15) is 17.3 Å². The summed E-state index contributed by atoms with van der Waals surface area (Å²) in [6.07, 6.45) is 0.595. The van der Waals surface area contributed by atoms with Crippen molar-refractivity contribution in [3.8, 4) is 28.4 Å². The summed E-state index contributed by atoms with van der Waals surface area (Å²) >= 11 is 0. The van der Waals surface area contributed by atoms with Crippen LogP contribution in [0.1, 0.15) is 16.1 Å². The molecule has 3 aromatic carbocycles. The van der Waals surface area contributed by atoms with Crippen LogP contribution in [0.4, 0.5) is 8.78 Å². The molecule has 0 saturated heterocycles. The zero-order valence-electron chi connectivity index (χ0n) is 19.7. The molecular weight excluding hydrogens is 452 g/mol. The van der Waals surface area contributed by atoms with E-state index in [1.165, 1.54) is 28.9 Å². The zero-order valence-corrected chi connectivity index (χ0v) is 19.7. The van der Waals surface area contributed by atoms with Crippen LogP contribution < -0.4 is 9.47 Å². The smallest absolute Gasteiger partial charge is 0.272 e. The third kappa shape index (κ3) is 5.32. The Labute approximate surface area is 202 Å². The molecule has 4 aromatic rings. The van der Waals surface area contributed by atoms with E-state index in [1.54, 1.807) is 56.5 Å². The number of ether oxygens (including phenoxy) is 2. The first-order chi connectivity index (χ1) is 16.9. The van der Waals surface area contributed by atoms with Gasteiger partial charge in [-0.3, -0.25) is 4.79 Å². The highest BCUT2D eigenvalue weighted by Gasteiger charge is 2.21. The van der Waals surface area contributed by atoms with Gasteiger partial charge < -0.3 is 14.4 Å². The predicted octanol–water partition coefficient (Wildman–Crippen LogP) is 5.15. The van der Waals surface area contributed by atoms with Crippen LogP contribution in [-0.2, 0) is 6.42 Å². The number of halogens is 2. The van der Waals surface area contributed by atoms with Crippen molar-refractivity contribution in [2.24, 2.45) is 0 Å². The summed E-state index contributed by atoms with van der Waals surface area (Å²) < 4.78 is 39.0. The fourth-order valence-corrected chi connectivity index (χ4v) is 3.70. The third-order valence-corrected chi connectivity index (χ3v) is 5.67. The molecule has 6 nitrogen and oxygen atoms in total. The minimum absolute atomic E-state index is 0.254. The number of carbonyl (C=O) groups is 1. The largest absolute Gasteiger partial charge is 0.493 e. The van der Waals surface area contributed by atoms with Gasteiger partial charge in [-0.05, 0) is 78.7 Å². The number of amides is 1. The first-order valence-electron chi connectivity index (χ1n) is 11.0. The summed E-state index contributed by atoms with van der Waals surface area (Å²) in [6, 6.07) is 18.9. The van der Waals surface area contributed by atoms with Crippen molar-refractivity contribution in [3.63, 3.8) is 0 Å². The number of hydrogen-bond donors (Lipinski definition) is 0. The lowest BCUT2D eigenvalue weighted by Crippen LogP contribution is -2.30. The van der Waals surface area contributed by atoms with Crippen LogP contribution in [0.3, 0.4) is 0 Å². The summed E-state index contributed by atoms with van der Waals surface area (Å²) in [7, 11) is 4.86. The van der Waals surface area contributed by atoms with Crippen molar-refractivity contribution in [2.75, 3.05) is 27.8 Å². The number of rotatable bonds is 8. The number of aromatic nitrogens is 2. The number of carbonyl (C=O) groups excluding carboxylic acids is 1. The van der Waals surface area contributed by atoms with Crippen LogP contribution >= 0.6 is 0 Å². The Bertz CT molecular complexity index is 1320. The van der Waals surface area contributed by atoms with E-state index in [2.05, 4.69) is 5.10 Å². The monoisotopic (exact) mass is 477 g/mol. The Morgan fingerprint density at radius 3 is 2.14 bits per heavy atom. The quantitative estimate of drug-likeness (QED) is 0.352. The third-order valence-electron chi connectivity index (χ3n) is 5.67. The first-order valence-corrected chi connectivity index (χ1v) is 11.0. The van der Waals surface area contributed by atoms with Crippen LogP contribution in [0.2, 0.25) is 0 Å². The molecule has 0 radical (unpaired) electrons. The van der Waals surface area contributed by atoms with Crippen LogP contribution in [0.25, 0.3) is 16.9 Å². The molecule has 8 heteroatoms. The lowest BCUT2D eigenvalue weighted by atomic mass is 10.1. The van der Waals surface area contributed by atoms with E-state index in [-0.39, 0.29) is 17.5 Å². The normalized spacial score (nSPS) is 10.8. The number of methoxy groups -OCH3 is 2. The van der Waals surface area contributed by atoms with Gasteiger partial charge in [0.15, 0.2) is 11.5 Å². The van der Waals surface area contributed by atoms with Gasteiger partial charge in [0.25, 0.3) is 5.91 Å². The molecule has 0 spiro atoms. The molecule has 0 aliphatic carbocycles. The molecule has 0 bridgehead atoms. The van der Waals surface area contributed by atoms with Gasteiger partial charge in [-0.1, -0.05) is 6.07 Å². The van der Waals surface area contributed by atoms with E-state index in [4.69, 9.17) is 9.47 Å². The van der Waals surface area contributed by atoms with Crippen molar-refractivity contribution in [1.82, 2.24) is 14.7 Å². The van der Waals surface area contributed by atoms with E-state index < -0.39 is 0 Å². The standard InChI is InChI=1S/C27H25F2N3O3/c1-31(15-14-18-4-13-25(34-2)26(16-18)35-3)27(33)24-17-23(19-5-7-20(28)8-6-19)30-32(24)22-11-9-21(29)10-12-22/h4-13,16-17H,14-15H2,1-3H3. The molecule has 0 fully saturated rings. The molecule has 4 rings (SSSR count). The Balaban J connectivity index is 1.61. The summed E-state index contributed by atoms with van der Waals surface area (Å²) in [5.74, 6) is 0.252. The maximum atomic E-state index is 13.5. The predicted molar refractivity (Wildman–Crippen MR) is 129 cm³/mol. The van der Waals surface area contributed by atoms with Crippen molar-refractivity contribution >= 4 is 5.91 Å². The van der Waals surface area contributed by atoms with Gasteiger partial charge in [0, 0.05) is 19.2 Å². The average molecular weight is 478 g/mol. The highest BCUT2D eigenvalue weighted by Crippen LogP contribution is 2.28. The lowest BCUT2D eigenvalue weighted by molar-refractivity contribution is 0.0787. The molecule has 180 valence electrons. The fraction of sp³-hybridized carbons (Fsp3) is 0.185. The van der Waals surface area contributed by atoms with Crippen molar-refractivity contribution in [2.45, 2.75) is 6.42 Å². The molecule has 0 atom stereocenters. The zero-order chi connectivity index (χ0) is 24.9.